The largest absolute Gasteiger partial charge is 0.399 e. The van der Waals surface area contributed by atoms with Crippen LogP contribution < -0.4 is 5.73 Å². The number of nitrogen functional groups attached to an aromatic ring is 1. The van der Waals surface area contributed by atoms with E-state index in [4.69, 9.17) is 10.5 Å². The molecule has 0 radical (unpaired) electrons. The van der Waals surface area contributed by atoms with Gasteiger partial charge < -0.3 is 10.5 Å². The highest BCUT2D eigenvalue weighted by molar-refractivity contribution is 5.36. The average molecular weight is 178 g/mol. The van der Waals surface area contributed by atoms with Crippen molar-refractivity contribution in [3.8, 4) is 0 Å². The summed E-state index contributed by atoms with van der Waals surface area (Å²) in [7, 11) is 0. The normalized spacial score (nSPS) is 16.9. The number of pyridine rings is 1. The van der Waals surface area contributed by atoms with Crippen LogP contribution in [0.1, 0.15) is 25.0 Å². The molecule has 2 N–H and O–H groups in total. The molecule has 3 nitrogen and oxygen atoms in total. The minimum absolute atomic E-state index is 0.461. The molecule has 70 valence electrons. The first-order valence-electron chi connectivity index (χ1n) is 4.66. The quantitative estimate of drug-likeness (QED) is 0.766. The Hall–Kier alpha value is -1.09. The van der Waals surface area contributed by atoms with Gasteiger partial charge in [-0.25, -0.2) is 0 Å². The number of ether oxygens (including phenoxy) is 1. The zero-order chi connectivity index (χ0) is 9.10. The van der Waals surface area contributed by atoms with Crippen LogP contribution >= 0.6 is 0 Å². The van der Waals surface area contributed by atoms with Gasteiger partial charge in [-0.3, -0.25) is 4.98 Å². The van der Waals surface area contributed by atoms with Crippen molar-refractivity contribution in [2.24, 2.45) is 0 Å². The molecule has 0 spiro atoms. The van der Waals surface area contributed by atoms with Crippen LogP contribution in [0, 0.1) is 0 Å². The van der Waals surface area contributed by atoms with E-state index in [0.29, 0.717) is 12.7 Å². The summed E-state index contributed by atoms with van der Waals surface area (Å²) in [6, 6.07) is 3.64. The third-order valence-corrected chi connectivity index (χ3v) is 2.36. The molecule has 0 aromatic carbocycles. The molecule has 3 heteroatoms. The molecule has 2 rings (SSSR count). The van der Waals surface area contributed by atoms with Gasteiger partial charge in [0.25, 0.3) is 0 Å². The second-order valence-electron chi connectivity index (χ2n) is 3.44. The Bertz CT molecular complexity index is 284. The predicted octanol–water partition coefficient (Wildman–Crippen LogP) is 1.73. The SMILES string of the molecule is Nc1ccnc(COC2CCC2)c1. The average Bonchev–Trinajstić information content (AvgIpc) is 2.01. The molecule has 1 aliphatic rings. The molecule has 1 aromatic heterocycles. The van der Waals surface area contributed by atoms with Gasteiger partial charge in [0, 0.05) is 11.9 Å². The molecule has 0 atom stereocenters. The van der Waals surface area contributed by atoms with Gasteiger partial charge >= 0.3 is 0 Å². The number of rotatable bonds is 3. The van der Waals surface area contributed by atoms with Crippen LogP contribution in [0.2, 0.25) is 0 Å². The van der Waals surface area contributed by atoms with Gasteiger partial charge in [-0.15, -0.1) is 0 Å². The van der Waals surface area contributed by atoms with Gasteiger partial charge in [-0.2, -0.15) is 0 Å². The van der Waals surface area contributed by atoms with Crippen LogP contribution in [0.15, 0.2) is 18.3 Å². The van der Waals surface area contributed by atoms with Gasteiger partial charge in [0.1, 0.15) is 0 Å². The van der Waals surface area contributed by atoms with Crippen molar-refractivity contribution in [2.75, 3.05) is 5.73 Å². The summed E-state index contributed by atoms with van der Waals surface area (Å²) in [5.74, 6) is 0. The monoisotopic (exact) mass is 178 g/mol. The Balaban J connectivity index is 1.86. The van der Waals surface area contributed by atoms with Gasteiger partial charge in [0.05, 0.1) is 18.4 Å². The minimum Gasteiger partial charge on any atom is -0.399 e. The number of hydrogen-bond donors (Lipinski definition) is 1. The maximum atomic E-state index is 5.62. The van der Waals surface area contributed by atoms with Gasteiger partial charge in [0.2, 0.25) is 0 Å². The number of aromatic nitrogens is 1. The molecular formula is C10H14N2O. The molecule has 0 unspecified atom stereocenters. The lowest BCUT2D eigenvalue weighted by Crippen LogP contribution is -2.21. The Morgan fingerprint density at radius 1 is 1.54 bits per heavy atom. The lowest BCUT2D eigenvalue weighted by molar-refractivity contribution is -0.0101. The lowest BCUT2D eigenvalue weighted by atomic mass is 9.96. The van der Waals surface area contributed by atoms with E-state index in [-0.39, 0.29) is 0 Å². The van der Waals surface area contributed by atoms with Crippen molar-refractivity contribution in [2.45, 2.75) is 32.0 Å². The van der Waals surface area contributed by atoms with Crippen LogP contribution in [0.5, 0.6) is 0 Å². The standard InChI is InChI=1S/C10H14N2O/c11-8-4-5-12-9(6-8)7-13-10-2-1-3-10/h4-6,10H,1-3,7H2,(H2,11,12). The summed E-state index contributed by atoms with van der Waals surface area (Å²) in [6.07, 6.45) is 5.87. The molecule has 1 aliphatic carbocycles. The zero-order valence-corrected chi connectivity index (χ0v) is 7.57. The van der Waals surface area contributed by atoms with Crippen molar-refractivity contribution in [3.05, 3.63) is 24.0 Å². The van der Waals surface area contributed by atoms with Crippen molar-refractivity contribution < 1.29 is 4.74 Å². The first kappa shape index (κ1) is 8.51. The fraction of sp³-hybridized carbons (Fsp3) is 0.500. The van der Waals surface area contributed by atoms with Crippen LogP contribution in [-0.2, 0) is 11.3 Å². The smallest absolute Gasteiger partial charge is 0.0892 e. The highest BCUT2D eigenvalue weighted by Gasteiger charge is 2.17. The number of hydrogen-bond acceptors (Lipinski definition) is 3. The van der Waals surface area contributed by atoms with E-state index >= 15 is 0 Å². The van der Waals surface area contributed by atoms with Crippen molar-refractivity contribution >= 4 is 5.69 Å². The summed E-state index contributed by atoms with van der Waals surface area (Å²) in [4.78, 5) is 4.16. The molecular weight excluding hydrogens is 164 g/mol. The summed E-state index contributed by atoms with van der Waals surface area (Å²) < 4.78 is 5.60. The second-order valence-corrected chi connectivity index (χ2v) is 3.44. The maximum absolute atomic E-state index is 5.62. The zero-order valence-electron chi connectivity index (χ0n) is 7.57. The van der Waals surface area contributed by atoms with E-state index in [0.717, 1.165) is 11.4 Å². The highest BCUT2D eigenvalue weighted by atomic mass is 16.5. The fourth-order valence-electron chi connectivity index (χ4n) is 1.32. The molecule has 1 heterocycles. The van der Waals surface area contributed by atoms with Crippen LogP contribution in [0.25, 0.3) is 0 Å². The summed E-state index contributed by atoms with van der Waals surface area (Å²) >= 11 is 0. The van der Waals surface area contributed by atoms with Gasteiger partial charge in [-0.05, 0) is 31.4 Å². The van der Waals surface area contributed by atoms with Gasteiger partial charge in [-0.1, -0.05) is 0 Å². The number of nitrogens with zero attached hydrogens (tertiary/aromatic N) is 1. The first-order chi connectivity index (χ1) is 6.34. The Morgan fingerprint density at radius 2 is 2.38 bits per heavy atom. The molecule has 1 fully saturated rings. The molecule has 0 aliphatic heterocycles. The third-order valence-electron chi connectivity index (χ3n) is 2.36. The molecule has 1 aromatic rings. The van der Waals surface area contributed by atoms with E-state index in [2.05, 4.69) is 4.98 Å². The summed E-state index contributed by atoms with van der Waals surface area (Å²) in [6.45, 7) is 0.593. The number of nitrogens with two attached hydrogens (primary N) is 1. The summed E-state index contributed by atoms with van der Waals surface area (Å²) in [5, 5.41) is 0. The van der Waals surface area contributed by atoms with Crippen LogP contribution in [-0.4, -0.2) is 11.1 Å². The van der Waals surface area contributed by atoms with E-state index in [9.17, 15) is 0 Å². The topological polar surface area (TPSA) is 48.1 Å². The molecule has 0 bridgehead atoms. The summed E-state index contributed by atoms with van der Waals surface area (Å²) in [5.41, 5.74) is 7.29. The van der Waals surface area contributed by atoms with E-state index in [1.165, 1.54) is 19.3 Å². The predicted molar refractivity (Wildman–Crippen MR) is 51.1 cm³/mol. The first-order valence-corrected chi connectivity index (χ1v) is 4.66. The Morgan fingerprint density at radius 3 is 3.00 bits per heavy atom. The number of anilines is 1. The Kier molecular flexibility index (Phi) is 2.45. The molecule has 13 heavy (non-hydrogen) atoms. The fourth-order valence-corrected chi connectivity index (χ4v) is 1.32. The highest BCUT2D eigenvalue weighted by Crippen LogP contribution is 2.22. The van der Waals surface area contributed by atoms with E-state index in [1.54, 1.807) is 12.3 Å². The van der Waals surface area contributed by atoms with Crippen molar-refractivity contribution in [1.29, 1.82) is 0 Å². The second kappa shape index (κ2) is 3.75. The van der Waals surface area contributed by atoms with Crippen LogP contribution in [0.4, 0.5) is 5.69 Å². The minimum atomic E-state index is 0.461. The van der Waals surface area contributed by atoms with E-state index in [1.807, 2.05) is 6.07 Å². The lowest BCUT2D eigenvalue weighted by Gasteiger charge is -2.25. The van der Waals surface area contributed by atoms with Gasteiger partial charge in [0.15, 0.2) is 0 Å². The Labute approximate surface area is 77.9 Å². The van der Waals surface area contributed by atoms with Crippen molar-refractivity contribution in [3.63, 3.8) is 0 Å². The third kappa shape index (κ3) is 2.18. The molecule has 0 amide bonds. The molecule has 0 saturated heterocycles. The van der Waals surface area contributed by atoms with E-state index < -0.39 is 0 Å². The van der Waals surface area contributed by atoms with Crippen LogP contribution in [0.3, 0.4) is 0 Å². The van der Waals surface area contributed by atoms with Crippen molar-refractivity contribution in [1.82, 2.24) is 4.98 Å². The molecule has 1 saturated carbocycles. The maximum Gasteiger partial charge on any atom is 0.0892 e.